The maximum Gasteiger partial charge on any atom is 0.266 e. The molecule has 0 rings (SSSR count). The Morgan fingerprint density at radius 2 is 0.643 bits per heavy atom. The van der Waals surface area contributed by atoms with Gasteiger partial charge in [0, 0.05) is 0 Å². The summed E-state index contributed by atoms with van der Waals surface area (Å²) in [6, 6.07) is -1.14. The third-order valence-electron chi connectivity index (χ3n) is 11.9. The van der Waals surface area contributed by atoms with E-state index in [-0.39, 0.29) is 0 Å². The molecule has 0 bridgehead atoms. The maximum atomic E-state index is 12.7. The lowest BCUT2D eigenvalue weighted by atomic mass is 10.0. The van der Waals surface area contributed by atoms with Gasteiger partial charge in [0.05, 0.1) is 17.9 Å². The van der Waals surface area contributed by atoms with E-state index in [4.69, 9.17) is 0 Å². The van der Waals surface area contributed by atoms with Gasteiger partial charge in [-0.25, -0.2) is 0 Å². The molecule has 8 heteroatoms. The van der Waals surface area contributed by atoms with Crippen LogP contribution in [-0.4, -0.2) is 53.1 Å². The Balaban J connectivity index is 3.82. The standard InChI is InChI=1S/C48H97NO6S/c1-3-5-7-9-11-13-15-17-19-21-23-24-25-27-29-31-33-35-37-39-41-43-47(51)48(52)49-45(44-56(53,54)55)46(50)42-40-38-36-34-32-30-28-26-22-20-18-16-14-12-10-8-6-4-2/h45-47,50-51H,3-44H2,1-2H3,(H,49,52)(H,53,54,55). The second-order valence-corrected chi connectivity index (χ2v) is 19.1. The van der Waals surface area contributed by atoms with Crippen molar-refractivity contribution in [2.24, 2.45) is 0 Å². The van der Waals surface area contributed by atoms with Crippen LogP contribution in [-0.2, 0) is 14.9 Å². The number of unbranched alkanes of at least 4 members (excludes halogenated alkanes) is 37. The van der Waals surface area contributed by atoms with E-state index in [1.807, 2.05) is 0 Å². The van der Waals surface area contributed by atoms with Crippen LogP contribution in [0.2, 0.25) is 0 Å². The van der Waals surface area contributed by atoms with Gasteiger partial charge in [-0.3, -0.25) is 9.35 Å². The largest absolute Gasteiger partial charge is 0.391 e. The summed E-state index contributed by atoms with van der Waals surface area (Å²) in [5.74, 6) is -1.44. The second kappa shape index (κ2) is 42.4. The minimum atomic E-state index is -4.41. The smallest absolute Gasteiger partial charge is 0.266 e. The molecular weight excluding hydrogens is 719 g/mol. The van der Waals surface area contributed by atoms with Gasteiger partial charge in [-0.15, -0.1) is 0 Å². The molecule has 0 spiro atoms. The first-order valence-electron chi connectivity index (χ1n) is 24.8. The molecule has 0 aromatic heterocycles. The van der Waals surface area contributed by atoms with Crippen molar-refractivity contribution in [1.82, 2.24) is 5.32 Å². The van der Waals surface area contributed by atoms with Crippen molar-refractivity contribution in [2.45, 2.75) is 295 Å². The number of hydrogen-bond donors (Lipinski definition) is 4. The Kier molecular flexibility index (Phi) is 41.9. The van der Waals surface area contributed by atoms with Crippen LogP contribution in [0.25, 0.3) is 0 Å². The minimum absolute atomic E-state index is 0.304. The van der Waals surface area contributed by atoms with Crippen molar-refractivity contribution in [3.05, 3.63) is 0 Å². The number of amides is 1. The number of hydrogen-bond acceptors (Lipinski definition) is 5. The first kappa shape index (κ1) is 55.3. The predicted molar refractivity (Wildman–Crippen MR) is 241 cm³/mol. The third kappa shape index (κ3) is 41.5. The highest BCUT2D eigenvalue weighted by molar-refractivity contribution is 7.85. The number of nitrogens with one attached hydrogen (secondary N) is 1. The van der Waals surface area contributed by atoms with Gasteiger partial charge in [-0.05, 0) is 12.8 Å². The van der Waals surface area contributed by atoms with Crippen molar-refractivity contribution in [3.63, 3.8) is 0 Å². The van der Waals surface area contributed by atoms with Gasteiger partial charge < -0.3 is 15.5 Å². The third-order valence-corrected chi connectivity index (χ3v) is 12.7. The van der Waals surface area contributed by atoms with E-state index in [2.05, 4.69) is 19.2 Å². The van der Waals surface area contributed by atoms with Gasteiger partial charge in [-0.1, -0.05) is 264 Å². The van der Waals surface area contributed by atoms with Crippen molar-refractivity contribution in [3.8, 4) is 0 Å². The van der Waals surface area contributed by atoms with Gasteiger partial charge in [0.25, 0.3) is 10.1 Å². The topological polar surface area (TPSA) is 124 Å². The summed E-state index contributed by atoms with van der Waals surface area (Å²) in [5.41, 5.74) is 0. The minimum Gasteiger partial charge on any atom is -0.391 e. The molecule has 0 aromatic rings. The molecule has 0 aliphatic heterocycles. The van der Waals surface area contributed by atoms with E-state index in [1.165, 1.54) is 205 Å². The van der Waals surface area contributed by atoms with Crippen LogP contribution >= 0.6 is 0 Å². The van der Waals surface area contributed by atoms with Gasteiger partial charge >= 0.3 is 0 Å². The van der Waals surface area contributed by atoms with Gasteiger partial charge in [-0.2, -0.15) is 8.42 Å². The molecule has 0 aromatic carbocycles. The summed E-state index contributed by atoms with van der Waals surface area (Å²) in [4.78, 5) is 12.7. The van der Waals surface area contributed by atoms with Crippen molar-refractivity contribution >= 4 is 16.0 Å². The molecule has 0 saturated carbocycles. The summed E-state index contributed by atoms with van der Waals surface area (Å²) in [6.07, 6.45) is 48.4. The fourth-order valence-electron chi connectivity index (χ4n) is 8.11. The Hall–Kier alpha value is -0.700. The maximum absolute atomic E-state index is 12.7. The van der Waals surface area contributed by atoms with E-state index < -0.39 is 40.0 Å². The highest BCUT2D eigenvalue weighted by Gasteiger charge is 2.28. The van der Waals surface area contributed by atoms with Gasteiger partial charge in [0.15, 0.2) is 0 Å². The zero-order chi connectivity index (χ0) is 41.2. The van der Waals surface area contributed by atoms with Crippen molar-refractivity contribution in [1.29, 1.82) is 0 Å². The average molecular weight is 816 g/mol. The molecule has 4 N–H and O–H groups in total. The lowest BCUT2D eigenvalue weighted by molar-refractivity contribution is -0.131. The first-order chi connectivity index (χ1) is 27.2. The van der Waals surface area contributed by atoms with E-state index >= 15 is 0 Å². The van der Waals surface area contributed by atoms with Crippen molar-refractivity contribution in [2.75, 3.05) is 5.75 Å². The summed E-state index contributed by atoms with van der Waals surface area (Å²) >= 11 is 0. The zero-order valence-electron chi connectivity index (χ0n) is 37.4. The Morgan fingerprint density at radius 3 is 0.893 bits per heavy atom. The molecule has 3 atom stereocenters. The second-order valence-electron chi connectivity index (χ2n) is 17.6. The molecule has 0 aliphatic carbocycles. The summed E-state index contributed by atoms with van der Waals surface area (Å²) in [6.45, 7) is 4.55. The number of carbonyl (C=O) groups excluding carboxylic acids is 1. The fourth-order valence-corrected chi connectivity index (χ4v) is 8.87. The number of carbonyl (C=O) groups is 1. The lowest BCUT2D eigenvalue weighted by Gasteiger charge is -2.24. The number of aliphatic hydroxyl groups is 2. The molecule has 0 radical (unpaired) electrons. The predicted octanol–water partition coefficient (Wildman–Crippen LogP) is 14.1. The van der Waals surface area contributed by atoms with Crippen LogP contribution in [0.15, 0.2) is 0 Å². The molecule has 336 valence electrons. The molecule has 0 fully saturated rings. The summed E-state index contributed by atoms with van der Waals surface area (Å²) < 4.78 is 32.7. The molecule has 0 heterocycles. The van der Waals surface area contributed by atoms with E-state index in [9.17, 15) is 28.0 Å². The molecule has 7 nitrogen and oxygen atoms in total. The Labute approximate surface area is 349 Å². The van der Waals surface area contributed by atoms with Crippen LogP contribution in [0.3, 0.4) is 0 Å². The Bertz CT molecular complexity index is 915. The molecule has 1 amide bonds. The normalized spacial score (nSPS) is 13.6. The van der Waals surface area contributed by atoms with E-state index in [0.29, 0.717) is 12.8 Å². The molecule has 0 saturated heterocycles. The monoisotopic (exact) mass is 816 g/mol. The molecule has 3 unspecified atom stereocenters. The summed E-state index contributed by atoms with van der Waals surface area (Å²) in [5, 5.41) is 23.7. The summed E-state index contributed by atoms with van der Waals surface area (Å²) in [7, 11) is -4.41. The quantitative estimate of drug-likeness (QED) is 0.0358. The molecular formula is C48H97NO6S. The van der Waals surface area contributed by atoms with Crippen LogP contribution in [0.1, 0.15) is 277 Å². The zero-order valence-corrected chi connectivity index (χ0v) is 38.2. The SMILES string of the molecule is CCCCCCCCCCCCCCCCCCCCCCCC(O)C(=O)NC(CS(=O)(=O)O)C(O)CCCCCCCCCCCCCCCCCCCC. The average Bonchev–Trinajstić information content (AvgIpc) is 3.17. The first-order valence-corrected chi connectivity index (χ1v) is 26.4. The lowest BCUT2D eigenvalue weighted by Crippen LogP contribution is -2.50. The highest BCUT2D eigenvalue weighted by atomic mass is 32.2. The fraction of sp³-hybridized carbons (Fsp3) is 0.979. The molecule has 56 heavy (non-hydrogen) atoms. The molecule has 0 aliphatic rings. The van der Waals surface area contributed by atoms with Crippen LogP contribution in [0, 0.1) is 0 Å². The van der Waals surface area contributed by atoms with E-state index in [0.717, 1.165) is 44.9 Å². The highest BCUT2D eigenvalue weighted by Crippen LogP contribution is 2.18. The number of rotatable bonds is 46. The van der Waals surface area contributed by atoms with Crippen LogP contribution < -0.4 is 5.32 Å². The van der Waals surface area contributed by atoms with Gasteiger partial charge in [0.1, 0.15) is 6.10 Å². The van der Waals surface area contributed by atoms with Gasteiger partial charge in [0.2, 0.25) is 5.91 Å². The van der Waals surface area contributed by atoms with Crippen molar-refractivity contribution < 1.29 is 28.0 Å². The van der Waals surface area contributed by atoms with Crippen LogP contribution in [0.5, 0.6) is 0 Å². The van der Waals surface area contributed by atoms with E-state index in [1.54, 1.807) is 0 Å². The Morgan fingerprint density at radius 1 is 0.411 bits per heavy atom. The van der Waals surface area contributed by atoms with Crippen LogP contribution in [0.4, 0.5) is 0 Å². The number of aliphatic hydroxyl groups excluding tert-OH is 2.